The van der Waals surface area contributed by atoms with E-state index in [1.807, 2.05) is 43.3 Å². The highest BCUT2D eigenvalue weighted by atomic mass is 35.5. The molecule has 1 aromatic heterocycles. The van der Waals surface area contributed by atoms with Crippen molar-refractivity contribution >= 4 is 33.2 Å². The number of nitrogens with zero attached hydrogens (tertiary/aromatic N) is 1. The Bertz CT molecular complexity index is 751. The van der Waals surface area contributed by atoms with Gasteiger partial charge in [0.2, 0.25) is 0 Å². The quantitative estimate of drug-likeness (QED) is 0.667. The van der Waals surface area contributed by atoms with Crippen LogP contribution in [0.2, 0.25) is 5.02 Å². The Balaban J connectivity index is 2.40. The molecule has 0 amide bonds. The number of rotatable bonds is 2. The van der Waals surface area contributed by atoms with Gasteiger partial charge >= 0.3 is 0 Å². The third-order valence-electron chi connectivity index (χ3n) is 2.99. The van der Waals surface area contributed by atoms with Crippen molar-refractivity contribution in [3.05, 3.63) is 46.4 Å². The van der Waals surface area contributed by atoms with Crippen LogP contribution in [-0.4, -0.2) is 12.1 Å². The topological polar surface area (TPSA) is 22.1 Å². The summed E-state index contributed by atoms with van der Waals surface area (Å²) < 4.78 is 6.62. The number of halogens is 1. The van der Waals surface area contributed by atoms with Gasteiger partial charge in [0.05, 0.1) is 27.9 Å². The fraction of sp³-hybridized carbons (Fsp3) is 0.133. The van der Waals surface area contributed by atoms with Gasteiger partial charge in [0, 0.05) is 10.6 Å². The zero-order valence-electron chi connectivity index (χ0n) is 10.6. The van der Waals surface area contributed by atoms with E-state index in [1.165, 1.54) is 0 Å². The van der Waals surface area contributed by atoms with Crippen molar-refractivity contribution in [1.29, 1.82) is 0 Å². The van der Waals surface area contributed by atoms with Crippen LogP contribution < -0.4 is 4.74 Å². The Labute approximate surface area is 120 Å². The molecule has 1 heterocycles. The highest BCUT2D eigenvalue weighted by Gasteiger charge is 2.16. The van der Waals surface area contributed by atoms with Crippen LogP contribution in [0, 0.1) is 6.92 Å². The maximum absolute atomic E-state index is 6.31. The molecule has 0 atom stereocenters. The first-order valence-corrected chi connectivity index (χ1v) is 7.09. The third-order valence-corrected chi connectivity index (χ3v) is 4.26. The second kappa shape index (κ2) is 4.83. The first kappa shape index (κ1) is 12.5. The molecule has 3 rings (SSSR count). The first-order valence-electron chi connectivity index (χ1n) is 5.89. The molecule has 4 heteroatoms. The van der Waals surface area contributed by atoms with Crippen LogP contribution in [0.5, 0.6) is 5.75 Å². The van der Waals surface area contributed by atoms with Crippen LogP contribution >= 0.6 is 22.9 Å². The Morgan fingerprint density at radius 1 is 1.16 bits per heavy atom. The highest BCUT2D eigenvalue weighted by Crippen LogP contribution is 2.41. The molecule has 0 bridgehead atoms. The molecule has 0 spiro atoms. The lowest BCUT2D eigenvalue weighted by Gasteiger charge is -2.10. The summed E-state index contributed by atoms with van der Waals surface area (Å²) in [5.41, 5.74) is 2.88. The van der Waals surface area contributed by atoms with Crippen LogP contribution in [0.3, 0.4) is 0 Å². The van der Waals surface area contributed by atoms with Crippen LogP contribution in [-0.2, 0) is 0 Å². The molecule has 2 nitrogen and oxygen atoms in total. The lowest BCUT2D eigenvalue weighted by molar-refractivity contribution is 0.417. The van der Waals surface area contributed by atoms with Gasteiger partial charge in [-0.25, -0.2) is 4.98 Å². The molecule has 0 aliphatic heterocycles. The summed E-state index contributed by atoms with van der Waals surface area (Å²) in [5, 5.41) is 1.75. The fourth-order valence-corrected chi connectivity index (χ4v) is 3.25. The number of aryl methyl sites for hydroxylation is 1. The highest BCUT2D eigenvalue weighted by molar-refractivity contribution is 7.18. The van der Waals surface area contributed by atoms with Crippen molar-refractivity contribution in [3.8, 4) is 16.9 Å². The monoisotopic (exact) mass is 289 g/mol. The fourth-order valence-electron chi connectivity index (χ4n) is 2.18. The molecule has 0 saturated heterocycles. The number of fused-ring (bicyclic) bond motifs is 1. The average Bonchev–Trinajstić information content (AvgIpc) is 2.78. The lowest BCUT2D eigenvalue weighted by Crippen LogP contribution is -1.90. The third kappa shape index (κ3) is 2.09. The molecule has 3 aromatic rings. The van der Waals surface area contributed by atoms with Crippen LogP contribution in [0.4, 0.5) is 0 Å². The van der Waals surface area contributed by atoms with Crippen molar-refractivity contribution in [3.63, 3.8) is 0 Å². The van der Waals surface area contributed by atoms with E-state index in [1.54, 1.807) is 18.4 Å². The number of benzene rings is 2. The van der Waals surface area contributed by atoms with Gasteiger partial charge < -0.3 is 4.74 Å². The Kier molecular flexibility index (Phi) is 3.17. The van der Waals surface area contributed by atoms with E-state index in [0.29, 0.717) is 5.02 Å². The maximum atomic E-state index is 6.31. The summed E-state index contributed by atoms with van der Waals surface area (Å²) >= 11 is 7.99. The molecule has 0 saturated carbocycles. The van der Waals surface area contributed by atoms with E-state index in [-0.39, 0.29) is 0 Å². The molecule has 19 heavy (non-hydrogen) atoms. The van der Waals surface area contributed by atoms with Gasteiger partial charge in [-0.05, 0) is 25.1 Å². The van der Waals surface area contributed by atoms with Gasteiger partial charge in [0.15, 0.2) is 0 Å². The van der Waals surface area contributed by atoms with Crippen molar-refractivity contribution in [2.45, 2.75) is 6.92 Å². The molecular formula is C15H12ClNOS. The lowest BCUT2D eigenvalue weighted by atomic mass is 10.0. The summed E-state index contributed by atoms with van der Waals surface area (Å²) in [6.07, 6.45) is 0. The van der Waals surface area contributed by atoms with Crippen molar-refractivity contribution < 1.29 is 4.74 Å². The average molecular weight is 290 g/mol. The van der Waals surface area contributed by atoms with Crippen molar-refractivity contribution in [2.75, 3.05) is 7.11 Å². The zero-order chi connectivity index (χ0) is 13.4. The van der Waals surface area contributed by atoms with Crippen LogP contribution in [0.15, 0.2) is 36.4 Å². The van der Waals surface area contributed by atoms with Crippen LogP contribution in [0.25, 0.3) is 21.3 Å². The summed E-state index contributed by atoms with van der Waals surface area (Å²) in [5.74, 6) is 0.797. The minimum Gasteiger partial charge on any atom is -0.496 e. The molecule has 2 aromatic carbocycles. The largest absolute Gasteiger partial charge is 0.496 e. The summed E-state index contributed by atoms with van der Waals surface area (Å²) in [7, 11) is 1.67. The Morgan fingerprint density at radius 2 is 1.95 bits per heavy atom. The van der Waals surface area contributed by atoms with E-state index in [0.717, 1.165) is 32.1 Å². The molecule has 0 aliphatic carbocycles. The van der Waals surface area contributed by atoms with E-state index in [2.05, 4.69) is 4.98 Å². The predicted octanol–water partition coefficient (Wildman–Crippen LogP) is 4.93. The Hall–Kier alpha value is -1.58. The number of hydrogen-bond donors (Lipinski definition) is 0. The first-order chi connectivity index (χ1) is 9.20. The normalized spacial score (nSPS) is 10.9. The predicted molar refractivity (Wildman–Crippen MR) is 81.4 cm³/mol. The number of aromatic nitrogens is 1. The van der Waals surface area contributed by atoms with Crippen LogP contribution in [0.1, 0.15) is 5.01 Å². The molecule has 0 fully saturated rings. The number of thiazole rings is 1. The minimum atomic E-state index is 0.707. The summed E-state index contributed by atoms with van der Waals surface area (Å²) in [6.45, 7) is 2.01. The van der Waals surface area contributed by atoms with Gasteiger partial charge in [-0.15, -0.1) is 11.3 Å². The van der Waals surface area contributed by atoms with Gasteiger partial charge in [-0.2, -0.15) is 0 Å². The molecule has 0 radical (unpaired) electrons. The standard InChI is InChI=1S/C15H12ClNOS/c1-9-17-15-13(19-9)8-7-12(18-2)14(15)10-5-3-4-6-11(10)16/h3-8H,1-2H3. The van der Waals surface area contributed by atoms with E-state index < -0.39 is 0 Å². The van der Waals surface area contributed by atoms with Crippen molar-refractivity contribution in [2.24, 2.45) is 0 Å². The Morgan fingerprint density at radius 3 is 2.68 bits per heavy atom. The maximum Gasteiger partial charge on any atom is 0.129 e. The van der Waals surface area contributed by atoms with Gasteiger partial charge in [-0.3, -0.25) is 0 Å². The van der Waals surface area contributed by atoms with Crippen molar-refractivity contribution in [1.82, 2.24) is 4.98 Å². The van der Waals surface area contributed by atoms with E-state index >= 15 is 0 Å². The summed E-state index contributed by atoms with van der Waals surface area (Å²) in [4.78, 5) is 4.62. The molecular weight excluding hydrogens is 278 g/mol. The van der Waals surface area contributed by atoms with Gasteiger partial charge in [0.25, 0.3) is 0 Å². The van der Waals surface area contributed by atoms with Gasteiger partial charge in [0.1, 0.15) is 5.75 Å². The smallest absolute Gasteiger partial charge is 0.129 e. The molecule has 0 N–H and O–H groups in total. The SMILES string of the molecule is COc1ccc2sc(C)nc2c1-c1ccccc1Cl. The van der Waals surface area contributed by atoms with E-state index in [4.69, 9.17) is 16.3 Å². The summed E-state index contributed by atoms with van der Waals surface area (Å²) in [6, 6.07) is 11.8. The molecule has 0 unspecified atom stereocenters. The number of hydrogen-bond acceptors (Lipinski definition) is 3. The second-order valence-electron chi connectivity index (χ2n) is 4.20. The zero-order valence-corrected chi connectivity index (χ0v) is 12.2. The molecule has 96 valence electrons. The minimum absolute atomic E-state index is 0.707. The second-order valence-corrected chi connectivity index (χ2v) is 5.84. The number of methoxy groups -OCH3 is 1. The van der Waals surface area contributed by atoms with E-state index in [9.17, 15) is 0 Å². The molecule has 0 aliphatic rings. The van der Waals surface area contributed by atoms with Gasteiger partial charge in [-0.1, -0.05) is 29.8 Å². The number of ether oxygens (including phenoxy) is 1.